The number of carbonyl (C=O) groups excluding carboxylic acids is 2. The van der Waals surface area contributed by atoms with Gasteiger partial charge in [-0.3, -0.25) is 9.59 Å². The molecular weight excluding hydrogens is 432 g/mol. The zero-order valence-corrected chi connectivity index (χ0v) is 19.7. The van der Waals surface area contributed by atoms with Crippen LogP contribution in [0.1, 0.15) is 43.2 Å². The minimum absolute atomic E-state index is 0.00355. The summed E-state index contributed by atoms with van der Waals surface area (Å²) in [6.07, 6.45) is 2.03. The van der Waals surface area contributed by atoms with E-state index < -0.39 is 18.0 Å². The van der Waals surface area contributed by atoms with Crippen LogP contribution in [0.15, 0.2) is 48.5 Å². The van der Waals surface area contributed by atoms with Crippen LogP contribution in [0.3, 0.4) is 0 Å². The molecule has 0 radical (unpaired) electrons. The second kappa shape index (κ2) is 10.3. The SMILES string of the molecule is CC(CN(C)C(=O)[C@H]1CCC[C@H]1CNC(=O)OCC1c2ccccc2-c2ccccc21)C(=O)O. The number of hydrogen-bond acceptors (Lipinski definition) is 4. The first kappa shape index (κ1) is 23.8. The van der Waals surface area contributed by atoms with Crippen LogP contribution in [0.5, 0.6) is 0 Å². The van der Waals surface area contributed by atoms with Crippen molar-refractivity contribution in [3.8, 4) is 11.1 Å². The van der Waals surface area contributed by atoms with E-state index in [9.17, 15) is 14.4 Å². The van der Waals surface area contributed by atoms with E-state index in [1.165, 1.54) is 16.0 Å². The third-order valence-electron chi connectivity index (χ3n) is 7.17. The predicted molar refractivity (Wildman–Crippen MR) is 128 cm³/mol. The number of hydrogen-bond donors (Lipinski definition) is 2. The molecule has 180 valence electrons. The lowest BCUT2D eigenvalue weighted by Gasteiger charge is -2.26. The number of nitrogens with zero attached hydrogens (tertiary/aromatic N) is 1. The highest BCUT2D eigenvalue weighted by Gasteiger charge is 2.35. The maximum Gasteiger partial charge on any atom is 0.407 e. The highest BCUT2D eigenvalue weighted by molar-refractivity contribution is 5.80. The van der Waals surface area contributed by atoms with Crippen LogP contribution in [-0.2, 0) is 14.3 Å². The maximum absolute atomic E-state index is 12.9. The number of rotatable bonds is 8. The van der Waals surface area contributed by atoms with Gasteiger partial charge in [-0.15, -0.1) is 0 Å². The third kappa shape index (κ3) is 4.93. The van der Waals surface area contributed by atoms with Gasteiger partial charge in [-0.05, 0) is 41.0 Å². The molecule has 4 rings (SSSR count). The number of fused-ring (bicyclic) bond motifs is 3. The molecular formula is C27H32N2O5. The number of carboxylic acids is 1. The zero-order chi connectivity index (χ0) is 24.2. The molecule has 0 heterocycles. The van der Waals surface area contributed by atoms with Crippen molar-refractivity contribution in [3.63, 3.8) is 0 Å². The average molecular weight is 465 g/mol. The van der Waals surface area contributed by atoms with E-state index in [1.807, 2.05) is 24.3 Å². The second-order valence-corrected chi connectivity index (χ2v) is 9.46. The molecule has 2 aliphatic rings. The molecule has 2 aliphatic carbocycles. The van der Waals surface area contributed by atoms with Crippen LogP contribution < -0.4 is 5.32 Å². The quantitative estimate of drug-likeness (QED) is 0.613. The Balaban J connectivity index is 1.30. The summed E-state index contributed by atoms with van der Waals surface area (Å²) in [6, 6.07) is 16.4. The molecule has 0 bridgehead atoms. The topological polar surface area (TPSA) is 95.9 Å². The van der Waals surface area contributed by atoms with Crippen molar-refractivity contribution < 1.29 is 24.2 Å². The molecule has 3 atom stereocenters. The van der Waals surface area contributed by atoms with Gasteiger partial charge >= 0.3 is 12.1 Å². The van der Waals surface area contributed by atoms with Gasteiger partial charge in [0.05, 0.1) is 5.92 Å². The van der Waals surface area contributed by atoms with Crippen LogP contribution in [0.4, 0.5) is 4.79 Å². The molecule has 0 aromatic heterocycles. The van der Waals surface area contributed by atoms with E-state index in [1.54, 1.807) is 14.0 Å². The summed E-state index contributed by atoms with van der Waals surface area (Å²) in [4.78, 5) is 38.0. The first-order valence-corrected chi connectivity index (χ1v) is 11.9. The fourth-order valence-corrected chi connectivity index (χ4v) is 5.33. The molecule has 1 saturated carbocycles. The monoisotopic (exact) mass is 464 g/mol. The van der Waals surface area contributed by atoms with Gasteiger partial charge in [0.25, 0.3) is 0 Å². The van der Waals surface area contributed by atoms with Crippen LogP contribution in [0, 0.1) is 17.8 Å². The van der Waals surface area contributed by atoms with E-state index in [0.717, 1.165) is 30.4 Å². The number of carboxylic acid groups (broad SMARTS) is 1. The minimum Gasteiger partial charge on any atom is -0.481 e. The van der Waals surface area contributed by atoms with Gasteiger partial charge in [0.15, 0.2) is 0 Å². The molecule has 0 spiro atoms. The third-order valence-corrected chi connectivity index (χ3v) is 7.17. The standard InChI is InChI=1S/C27H32N2O5/c1-17(26(31)32)15-29(2)25(30)19-13-7-8-18(19)14-28-27(33)34-16-24-22-11-5-3-9-20(22)21-10-4-6-12-23(21)24/h3-6,9-12,17-19,24H,7-8,13-16H2,1-2H3,(H,28,33)(H,31,32)/t17?,18-,19-/m0/s1. The van der Waals surface area contributed by atoms with Gasteiger partial charge in [-0.1, -0.05) is 61.9 Å². The van der Waals surface area contributed by atoms with E-state index in [-0.39, 0.29) is 36.8 Å². The molecule has 2 aromatic rings. The summed E-state index contributed by atoms with van der Waals surface area (Å²) >= 11 is 0. The summed E-state index contributed by atoms with van der Waals surface area (Å²) in [7, 11) is 1.65. The number of amides is 2. The molecule has 7 heteroatoms. The normalized spacial score (nSPS) is 19.7. The van der Waals surface area contributed by atoms with E-state index in [4.69, 9.17) is 9.84 Å². The summed E-state index contributed by atoms with van der Waals surface area (Å²) < 4.78 is 5.61. The Bertz CT molecular complexity index is 1020. The van der Waals surface area contributed by atoms with Crippen molar-refractivity contribution in [1.29, 1.82) is 0 Å². The molecule has 1 fully saturated rings. The molecule has 0 saturated heterocycles. The molecule has 34 heavy (non-hydrogen) atoms. The summed E-state index contributed by atoms with van der Waals surface area (Å²) in [6.45, 7) is 2.40. The highest BCUT2D eigenvalue weighted by atomic mass is 16.5. The Morgan fingerprint density at radius 1 is 1.06 bits per heavy atom. The van der Waals surface area contributed by atoms with E-state index >= 15 is 0 Å². The van der Waals surface area contributed by atoms with Gasteiger partial charge < -0.3 is 20.1 Å². The number of carbonyl (C=O) groups is 3. The lowest BCUT2D eigenvalue weighted by Crippen LogP contribution is -2.41. The van der Waals surface area contributed by atoms with Crippen molar-refractivity contribution in [2.45, 2.75) is 32.1 Å². The van der Waals surface area contributed by atoms with Gasteiger partial charge in [-0.2, -0.15) is 0 Å². The summed E-state index contributed by atoms with van der Waals surface area (Å²) in [5.74, 6) is -1.77. The van der Waals surface area contributed by atoms with Crippen molar-refractivity contribution >= 4 is 18.0 Å². The highest BCUT2D eigenvalue weighted by Crippen LogP contribution is 2.44. The fraction of sp³-hybridized carbons (Fsp3) is 0.444. The largest absolute Gasteiger partial charge is 0.481 e. The molecule has 1 unspecified atom stereocenters. The van der Waals surface area contributed by atoms with Gasteiger partial charge in [0.2, 0.25) is 5.91 Å². The lowest BCUT2D eigenvalue weighted by molar-refractivity contribution is -0.143. The smallest absolute Gasteiger partial charge is 0.407 e. The number of benzene rings is 2. The maximum atomic E-state index is 12.9. The van der Waals surface area contributed by atoms with Crippen LogP contribution in [-0.4, -0.2) is 54.7 Å². The van der Waals surface area contributed by atoms with Gasteiger partial charge in [0.1, 0.15) is 6.61 Å². The molecule has 0 aliphatic heterocycles. The van der Waals surface area contributed by atoms with Crippen molar-refractivity contribution in [2.24, 2.45) is 17.8 Å². The molecule has 2 amide bonds. The molecule has 2 N–H and O–H groups in total. The van der Waals surface area contributed by atoms with Crippen molar-refractivity contribution in [1.82, 2.24) is 10.2 Å². The first-order valence-electron chi connectivity index (χ1n) is 11.9. The summed E-state index contributed by atoms with van der Waals surface area (Å²) in [5, 5.41) is 12.0. The van der Waals surface area contributed by atoms with Gasteiger partial charge in [-0.25, -0.2) is 4.79 Å². The zero-order valence-electron chi connectivity index (χ0n) is 19.7. The van der Waals surface area contributed by atoms with Crippen molar-refractivity contribution in [3.05, 3.63) is 59.7 Å². The van der Waals surface area contributed by atoms with Crippen LogP contribution >= 0.6 is 0 Å². The van der Waals surface area contributed by atoms with Gasteiger partial charge in [0, 0.05) is 32.0 Å². The predicted octanol–water partition coefficient (Wildman–Crippen LogP) is 4.12. The Morgan fingerprint density at radius 3 is 2.29 bits per heavy atom. The Morgan fingerprint density at radius 2 is 1.68 bits per heavy atom. The number of nitrogens with one attached hydrogen (secondary N) is 1. The van der Waals surface area contributed by atoms with E-state index in [0.29, 0.717) is 6.54 Å². The number of alkyl carbamates (subject to hydrolysis) is 1. The fourth-order valence-electron chi connectivity index (χ4n) is 5.33. The molecule has 2 aromatic carbocycles. The van der Waals surface area contributed by atoms with Crippen LogP contribution in [0.2, 0.25) is 0 Å². The Hall–Kier alpha value is -3.35. The first-order chi connectivity index (χ1) is 16.4. The lowest BCUT2D eigenvalue weighted by atomic mass is 9.94. The summed E-state index contributed by atoms with van der Waals surface area (Å²) in [5.41, 5.74) is 4.69. The van der Waals surface area contributed by atoms with E-state index in [2.05, 4.69) is 29.6 Å². The Labute approximate surface area is 200 Å². The average Bonchev–Trinajstić information content (AvgIpc) is 3.43. The Kier molecular flexibility index (Phi) is 7.20. The number of ether oxygens (including phenoxy) is 1. The minimum atomic E-state index is -0.917. The number of aliphatic carboxylic acids is 1. The van der Waals surface area contributed by atoms with Crippen molar-refractivity contribution in [2.75, 3.05) is 26.7 Å². The molecule has 7 nitrogen and oxygen atoms in total. The van der Waals surface area contributed by atoms with Crippen LogP contribution in [0.25, 0.3) is 11.1 Å². The second-order valence-electron chi connectivity index (χ2n) is 9.46.